The molecule has 2 N–H and O–H groups in total. The van der Waals surface area contributed by atoms with Gasteiger partial charge in [-0.1, -0.05) is 11.6 Å². The monoisotopic (exact) mass is 281 g/mol. The van der Waals surface area contributed by atoms with E-state index in [1.807, 2.05) is 0 Å². The Morgan fingerprint density at radius 3 is 2.90 bits per heavy atom. The van der Waals surface area contributed by atoms with Crippen LogP contribution in [0.1, 0.15) is 32.1 Å². The van der Waals surface area contributed by atoms with Crippen molar-refractivity contribution in [3.05, 3.63) is 0 Å². The van der Waals surface area contributed by atoms with Gasteiger partial charge in [0.25, 0.3) is 5.91 Å². The third-order valence-corrected chi connectivity index (χ3v) is 4.39. The van der Waals surface area contributed by atoms with Crippen LogP contribution in [0.2, 0.25) is 0 Å². The van der Waals surface area contributed by atoms with E-state index < -0.39 is 12.1 Å². The quantitative estimate of drug-likeness (QED) is 0.757. The lowest BCUT2D eigenvalue weighted by Gasteiger charge is -2.32. The highest BCUT2D eigenvalue weighted by Gasteiger charge is 2.39. The maximum absolute atomic E-state index is 12.1. The van der Waals surface area contributed by atoms with Gasteiger partial charge in [0.2, 0.25) is 6.10 Å². The van der Waals surface area contributed by atoms with Gasteiger partial charge < -0.3 is 15.3 Å². The van der Waals surface area contributed by atoms with Gasteiger partial charge in [-0.15, -0.1) is 0 Å². The summed E-state index contributed by atoms with van der Waals surface area (Å²) in [6.45, 7) is 2.14. The fourth-order valence-corrected chi connectivity index (χ4v) is 3.34. The van der Waals surface area contributed by atoms with Crippen molar-refractivity contribution in [2.24, 2.45) is 5.16 Å². The molecule has 2 fully saturated rings. The van der Waals surface area contributed by atoms with Crippen LogP contribution in [-0.4, -0.2) is 58.9 Å². The molecule has 0 spiro atoms. The second-order valence-corrected chi connectivity index (χ2v) is 5.64. The molecule has 3 unspecified atom stereocenters. The third kappa shape index (κ3) is 2.49. The minimum absolute atomic E-state index is 0.0439. The largest absolute Gasteiger partial charge is 0.477 e. The van der Waals surface area contributed by atoms with Gasteiger partial charge >= 0.3 is 5.97 Å². The van der Waals surface area contributed by atoms with E-state index in [0.717, 1.165) is 25.9 Å². The Hall–Kier alpha value is -1.63. The van der Waals surface area contributed by atoms with E-state index in [2.05, 4.69) is 15.4 Å². The molecule has 20 heavy (non-hydrogen) atoms. The minimum Gasteiger partial charge on any atom is -0.477 e. The van der Waals surface area contributed by atoms with Crippen molar-refractivity contribution in [2.75, 3.05) is 13.1 Å². The molecule has 1 amide bonds. The zero-order chi connectivity index (χ0) is 14.1. The summed E-state index contributed by atoms with van der Waals surface area (Å²) in [5.74, 6) is -1.37. The molecule has 0 radical (unpaired) electrons. The molecular formula is C13H19N3O4. The molecular weight excluding hydrogens is 262 g/mol. The number of oxime groups is 1. The summed E-state index contributed by atoms with van der Waals surface area (Å²) in [6, 6.07) is 0.578. The molecule has 0 bridgehead atoms. The fourth-order valence-electron chi connectivity index (χ4n) is 3.34. The van der Waals surface area contributed by atoms with Crippen molar-refractivity contribution in [3.63, 3.8) is 0 Å². The zero-order valence-corrected chi connectivity index (χ0v) is 11.2. The number of fused-ring (bicyclic) bond motifs is 1. The Bertz CT molecular complexity index is 451. The number of amides is 1. The van der Waals surface area contributed by atoms with Crippen LogP contribution in [0.3, 0.4) is 0 Å². The lowest BCUT2D eigenvalue weighted by Crippen LogP contribution is -2.49. The Labute approximate surface area is 116 Å². The van der Waals surface area contributed by atoms with Gasteiger partial charge in [0.15, 0.2) is 5.71 Å². The molecule has 7 heteroatoms. The second-order valence-electron chi connectivity index (χ2n) is 5.64. The Kier molecular flexibility index (Phi) is 3.60. The molecule has 0 aromatic heterocycles. The van der Waals surface area contributed by atoms with Gasteiger partial charge in [-0.25, -0.2) is 4.79 Å². The van der Waals surface area contributed by atoms with Crippen LogP contribution in [0.4, 0.5) is 0 Å². The first-order valence-corrected chi connectivity index (χ1v) is 7.15. The second kappa shape index (κ2) is 5.40. The topological polar surface area (TPSA) is 91.2 Å². The summed E-state index contributed by atoms with van der Waals surface area (Å²) in [7, 11) is 0. The van der Waals surface area contributed by atoms with E-state index in [-0.39, 0.29) is 24.1 Å². The van der Waals surface area contributed by atoms with E-state index in [0.29, 0.717) is 6.04 Å². The van der Waals surface area contributed by atoms with Crippen LogP contribution in [0.25, 0.3) is 0 Å². The Morgan fingerprint density at radius 1 is 1.30 bits per heavy atom. The summed E-state index contributed by atoms with van der Waals surface area (Å²) in [5, 5.41) is 15.2. The predicted molar refractivity (Wildman–Crippen MR) is 70.3 cm³/mol. The van der Waals surface area contributed by atoms with Crippen LogP contribution in [0.5, 0.6) is 0 Å². The third-order valence-electron chi connectivity index (χ3n) is 4.39. The van der Waals surface area contributed by atoms with Crippen molar-refractivity contribution >= 4 is 17.6 Å². The molecule has 3 rings (SSSR count). The number of carbonyl (C=O) groups is 2. The number of hydrogen-bond donors (Lipinski definition) is 2. The smallest absolute Gasteiger partial charge is 0.353 e. The number of hydrogen-bond acceptors (Lipinski definition) is 5. The average molecular weight is 281 g/mol. The van der Waals surface area contributed by atoms with Crippen molar-refractivity contribution in [1.29, 1.82) is 0 Å². The minimum atomic E-state index is -1.13. The maximum Gasteiger partial charge on any atom is 0.353 e. The molecule has 0 aromatic rings. The summed E-state index contributed by atoms with van der Waals surface area (Å²) >= 11 is 0. The molecule has 110 valence electrons. The van der Waals surface area contributed by atoms with Gasteiger partial charge in [-0.05, 0) is 25.8 Å². The number of carboxylic acids is 1. The summed E-state index contributed by atoms with van der Waals surface area (Å²) in [6.07, 6.45) is 3.77. The molecule has 3 heterocycles. The van der Waals surface area contributed by atoms with Gasteiger partial charge in [0, 0.05) is 25.0 Å². The van der Waals surface area contributed by atoms with E-state index in [9.17, 15) is 9.59 Å². The normalized spacial score (nSPS) is 33.2. The van der Waals surface area contributed by atoms with Crippen molar-refractivity contribution in [3.8, 4) is 0 Å². The first-order chi connectivity index (χ1) is 9.65. The van der Waals surface area contributed by atoms with Crippen LogP contribution in [0.15, 0.2) is 5.16 Å². The first-order valence-electron chi connectivity index (χ1n) is 7.15. The SMILES string of the molecule is O=C(O)C1=NOC(C(=O)NC2CCN3CCCCC23)C1. The van der Waals surface area contributed by atoms with Crippen molar-refractivity contribution < 1.29 is 19.5 Å². The summed E-state index contributed by atoms with van der Waals surface area (Å²) in [5.41, 5.74) is -0.0872. The molecule has 0 aromatic carbocycles. The fraction of sp³-hybridized carbons (Fsp3) is 0.769. The standard InChI is InChI=1S/C13H19N3O4/c17-12(11-7-9(13(18)19)15-20-11)14-8-4-6-16-5-2-1-3-10(8)16/h8,10-11H,1-7H2,(H,14,17)(H,18,19). The lowest BCUT2D eigenvalue weighted by molar-refractivity contribution is -0.132. The highest BCUT2D eigenvalue weighted by molar-refractivity contribution is 6.36. The number of aliphatic carboxylic acids is 1. The van der Waals surface area contributed by atoms with Gasteiger partial charge in [-0.3, -0.25) is 9.69 Å². The number of rotatable bonds is 3. The molecule has 2 saturated heterocycles. The highest BCUT2D eigenvalue weighted by atomic mass is 16.6. The molecule has 0 aliphatic carbocycles. The number of carbonyl (C=O) groups excluding carboxylic acids is 1. The number of carboxylic acid groups (broad SMARTS) is 1. The number of piperidine rings is 1. The predicted octanol–water partition coefficient (Wildman–Crippen LogP) is -0.0411. The highest BCUT2D eigenvalue weighted by Crippen LogP contribution is 2.27. The Balaban J connectivity index is 1.54. The van der Waals surface area contributed by atoms with Gasteiger partial charge in [-0.2, -0.15) is 0 Å². The maximum atomic E-state index is 12.1. The van der Waals surface area contributed by atoms with E-state index in [4.69, 9.17) is 9.94 Å². The number of nitrogens with one attached hydrogen (secondary N) is 1. The zero-order valence-electron chi connectivity index (χ0n) is 11.2. The van der Waals surface area contributed by atoms with E-state index >= 15 is 0 Å². The van der Waals surface area contributed by atoms with Crippen LogP contribution >= 0.6 is 0 Å². The van der Waals surface area contributed by atoms with Crippen molar-refractivity contribution in [2.45, 2.75) is 50.3 Å². The van der Waals surface area contributed by atoms with Crippen LogP contribution in [-0.2, 0) is 14.4 Å². The molecule has 0 saturated carbocycles. The molecule has 3 aliphatic heterocycles. The Morgan fingerprint density at radius 2 is 2.15 bits per heavy atom. The summed E-state index contributed by atoms with van der Waals surface area (Å²) in [4.78, 5) is 30.2. The summed E-state index contributed by atoms with van der Waals surface area (Å²) < 4.78 is 0. The average Bonchev–Trinajstić information content (AvgIpc) is 3.06. The van der Waals surface area contributed by atoms with Crippen LogP contribution < -0.4 is 5.32 Å². The lowest BCUT2D eigenvalue weighted by atomic mass is 9.98. The first kappa shape index (κ1) is 13.4. The molecule has 3 aliphatic rings. The van der Waals surface area contributed by atoms with Crippen molar-refractivity contribution in [1.82, 2.24) is 10.2 Å². The molecule has 3 atom stereocenters. The van der Waals surface area contributed by atoms with Crippen LogP contribution in [0, 0.1) is 0 Å². The number of nitrogens with zero attached hydrogens (tertiary/aromatic N) is 2. The van der Waals surface area contributed by atoms with Gasteiger partial charge in [0.05, 0.1) is 0 Å². The van der Waals surface area contributed by atoms with Gasteiger partial charge in [0.1, 0.15) is 0 Å². The molecule has 7 nitrogen and oxygen atoms in total. The van der Waals surface area contributed by atoms with E-state index in [1.165, 1.54) is 12.8 Å². The van der Waals surface area contributed by atoms with E-state index in [1.54, 1.807) is 0 Å².